The van der Waals surface area contributed by atoms with E-state index in [-0.39, 0.29) is 5.91 Å². The van der Waals surface area contributed by atoms with Crippen molar-refractivity contribution in [2.45, 2.75) is 6.54 Å². The summed E-state index contributed by atoms with van der Waals surface area (Å²) in [7, 11) is 0. The summed E-state index contributed by atoms with van der Waals surface area (Å²) in [4.78, 5) is 11.9. The van der Waals surface area contributed by atoms with E-state index in [1.807, 2.05) is 18.2 Å². The molecule has 0 aliphatic heterocycles. The molecule has 0 spiro atoms. The molecule has 2 aromatic rings. The highest BCUT2D eigenvalue weighted by molar-refractivity contribution is 6.31. The maximum Gasteiger partial charge on any atom is 0.254 e. The van der Waals surface area contributed by atoms with Crippen LogP contribution < -0.4 is 11.1 Å². The summed E-state index contributed by atoms with van der Waals surface area (Å²) < 4.78 is 0. The van der Waals surface area contributed by atoms with Gasteiger partial charge in [0.2, 0.25) is 0 Å². The number of halogens is 1. The molecule has 1 amide bonds. The van der Waals surface area contributed by atoms with E-state index in [2.05, 4.69) is 11.4 Å². The van der Waals surface area contributed by atoms with Crippen LogP contribution >= 0.6 is 11.6 Å². The molecule has 0 fully saturated rings. The first-order valence-corrected chi connectivity index (χ1v) is 5.84. The van der Waals surface area contributed by atoms with E-state index < -0.39 is 0 Å². The van der Waals surface area contributed by atoms with Gasteiger partial charge in [-0.25, -0.2) is 0 Å². The maximum absolute atomic E-state index is 11.9. The van der Waals surface area contributed by atoms with Crippen molar-refractivity contribution in [2.75, 3.05) is 5.73 Å². The minimum absolute atomic E-state index is 0.256. The number of hydrogen-bond acceptors (Lipinski definition) is 2. The minimum Gasteiger partial charge on any atom is -0.398 e. The van der Waals surface area contributed by atoms with Crippen molar-refractivity contribution >= 4 is 23.2 Å². The van der Waals surface area contributed by atoms with Crippen LogP contribution in [0.4, 0.5) is 5.69 Å². The Balaban J connectivity index is 2.06. The Morgan fingerprint density at radius 3 is 2.78 bits per heavy atom. The Morgan fingerprint density at radius 2 is 2.06 bits per heavy atom. The topological polar surface area (TPSA) is 55.1 Å². The Bertz CT molecular complexity index is 569. The molecule has 2 rings (SSSR count). The molecule has 0 atom stereocenters. The highest BCUT2D eigenvalue weighted by Gasteiger charge is 2.09. The van der Waals surface area contributed by atoms with Crippen LogP contribution in [0.1, 0.15) is 15.9 Å². The highest BCUT2D eigenvalue weighted by atomic mass is 35.5. The van der Waals surface area contributed by atoms with E-state index in [1.54, 1.807) is 24.3 Å². The molecule has 91 valence electrons. The van der Waals surface area contributed by atoms with Gasteiger partial charge in [0.25, 0.3) is 5.91 Å². The summed E-state index contributed by atoms with van der Waals surface area (Å²) in [6.07, 6.45) is 0. The van der Waals surface area contributed by atoms with Gasteiger partial charge in [0.05, 0.1) is 5.56 Å². The van der Waals surface area contributed by atoms with Crippen LogP contribution in [0.5, 0.6) is 0 Å². The second-order valence-electron chi connectivity index (χ2n) is 3.77. The van der Waals surface area contributed by atoms with Crippen LogP contribution in [0, 0.1) is 6.07 Å². The Morgan fingerprint density at radius 1 is 1.28 bits per heavy atom. The van der Waals surface area contributed by atoms with Gasteiger partial charge in [0, 0.05) is 17.3 Å². The van der Waals surface area contributed by atoms with Crippen molar-refractivity contribution in [3.8, 4) is 0 Å². The maximum atomic E-state index is 11.9. The standard InChI is InChI=1S/C14H12ClN2O/c15-12-7-3-1-5-10(12)9-17-14(18)11-6-2-4-8-13(11)16/h1-5,7-8H,9,16H2,(H,17,18). The van der Waals surface area contributed by atoms with Crippen molar-refractivity contribution in [3.05, 3.63) is 64.7 Å². The van der Waals surface area contributed by atoms with Gasteiger partial charge in [-0.2, -0.15) is 0 Å². The molecule has 0 saturated heterocycles. The molecule has 0 heterocycles. The molecule has 3 nitrogen and oxygen atoms in total. The van der Waals surface area contributed by atoms with Gasteiger partial charge >= 0.3 is 0 Å². The van der Waals surface area contributed by atoms with Crippen molar-refractivity contribution in [3.63, 3.8) is 0 Å². The molecule has 0 aliphatic rings. The highest BCUT2D eigenvalue weighted by Crippen LogP contribution is 2.15. The second-order valence-corrected chi connectivity index (χ2v) is 4.18. The average molecular weight is 260 g/mol. The van der Waals surface area contributed by atoms with Crippen LogP contribution in [0.3, 0.4) is 0 Å². The predicted molar refractivity (Wildman–Crippen MR) is 72.3 cm³/mol. The average Bonchev–Trinajstić information content (AvgIpc) is 2.38. The molecule has 0 saturated carbocycles. The number of nitrogens with two attached hydrogens (primary N) is 1. The lowest BCUT2D eigenvalue weighted by molar-refractivity contribution is 0.0951. The molecule has 0 aromatic heterocycles. The van der Waals surface area contributed by atoms with E-state index in [1.165, 1.54) is 0 Å². The first kappa shape index (κ1) is 12.5. The van der Waals surface area contributed by atoms with Gasteiger partial charge in [-0.15, -0.1) is 0 Å². The number of benzene rings is 2. The first-order chi connectivity index (χ1) is 8.68. The molecule has 3 N–H and O–H groups in total. The number of carbonyl (C=O) groups is 1. The third-order valence-corrected chi connectivity index (χ3v) is 2.88. The van der Waals surface area contributed by atoms with Gasteiger partial charge in [-0.3, -0.25) is 4.79 Å². The van der Waals surface area contributed by atoms with Gasteiger partial charge < -0.3 is 11.1 Å². The molecular weight excluding hydrogens is 248 g/mol. The van der Waals surface area contributed by atoms with Crippen LogP contribution in [0.2, 0.25) is 5.02 Å². The third kappa shape index (κ3) is 2.81. The molecule has 0 aliphatic carbocycles. The van der Waals surface area contributed by atoms with E-state index in [9.17, 15) is 4.79 Å². The zero-order chi connectivity index (χ0) is 13.0. The third-order valence-electron chi connectivity index (χ3n) is 2.51. The fourth-order valence-electron chi connectivity index (χ4n) is 1.55. The summed E-state index contributed by atoms with van der Waals surface area (Å²) in [5.74, 6) is -0.256. The number of carbonyl (C=O) groups excluding carboxylic acids is 1. The second kappa shape index (κ2) is 5.56. The summed E-state index contributed by atoms with van der Waals surface area (Å²) in [6, 6.07) is 15.2. The summed E-state index contributed by atoms with van der Waals surface area (Å²) in [5, 5.41) is 3.39. The lowest BCUT2D eigenvalue weighted by Crippen LogP contribution is -2.24. The van der Waals surface area contributed by atoms with Crippen LogP contribution in [0.15, 0.2) is 42.5 Å². The van der Waals surface area contributed by atoms with Gasteiger partial charge in [0.1, 0.15) is 0 Å². The van der Waals surface area contributed by atoms with Crippen molar-refractivity contribution in [1.29, 1.82) is 0 Å². The lowest BCUT2D eigenvalue weighted by atomic mass is 10.1. The van der Waals surface area contributed by atoms with Crippen LogP contribution in [0.25, 0.3) is 0 Å². The van der Waals surface area contributed by atoms with Crippen molar-refractivity contribution in [2.24, 2.45) is 0 Å². The quantitative estimate of drug-likeness (QED) is 0.833. The van der Waals surface area contributed by atoms with E-state index in [0.717, 1.165) is 5.56 Å². The van der Waals surface area contributed by atoms with Gasteiger partial charge in [0.15, 0.2) is 0 Å². The Hall–Kier alpha value is -2.00. The molecule has 4 heteroatoms. The molecule has 2 aromatic carbocycles. The van der Waals surface area contributed by atoms with Crippen molar-refractivity contribution in [1.82, 2.24) is 5.32 Å². The zero-order valence-electron chi connectivity index (χ0n) is 9.61. The normalized spacial score (nSPS) is 10.1. The van der Waals surface area contributed by atoms with Crippen LogP contribution in [-0.4, -0.2) is 5.91 Å². The van der Waals surface area contributed by atoms with E-state index >= 15 is 0 Å². The predicted octanol–water partition coefficient (Wildman–Crippen LogP) is 2.65. The van der Waals surface area contributed by atoms with Gasteiger partial charge in [-0.1, -0.05) is 41.9 Å². The lowest BCUT2D eigenvalue weighted by Gasteiger charge is -2.08. The van der Waals surface area contributed by atoms with Gasteiger partial charge in [-0.05, 0) is 23.8 Å². The number of anilines is 1. The summed E-state index contributed by atoms with van der Waals surface area (Å²) >= 11 is 6.00. The molecule has 1 radical (unpaired) electrons. The largest absolute Gasteiger partial charge is 0.398 e. The van der Waals surface area contributed by atoms with E-state index in [4.69, 9.17) is 17.3 Å². The first-order valence-electron chi connectivity index (χ1n) is 5.46. The molecule has 0 unspecified atom stereocenters. The number of rotatable bonds is 3. The van der Waals surface area contributed by atoms with Crippen LogP contribution in [-0.2, 0) is 6.54 Å². The summed E-state index contributed by atoms with van der Waals surface area (Å²) in [6.45, 7) is 0.362. The SMILES string of the molecule is Nc1ccc[c]c1C(=O)NCc1ccccc1Cl. The monoisotopic (exact) mass is 259 g/mol. The number of nitrogens with one attached hydrogen (secondary N) is 1. The Labute approximate surface area is 111 Å². The smallest absolute Gasteiger partial charge is 0.254 e. The number of amides is 1. The van der Waals surface area contributed by atoms with E-state index in [0.29, 0.717) is 22.8 Å². The minimum atomic E-state index is -0.256. The molecule has 0 bridgehead atoms. The van der Waals surface area contributed by atoms with Crippen molar-refractivity contribution < 1.29 is 4.79 Å². The Kier molecular flexibility index (Phi) is 3.85. The number of nitrogen functional groups attached to an aromatic ring is 1. The fraction of sp³-hybridized carbons (Fsp3) is 0.0714. The fourth-order valence-corrected chi connectivity index (χ4v) is 1.75. The summed E-state index contributed by atoms with van der Waals surface area (Å²) in [5.41, 5.74) is 7.33. The molecule has 18 heavy (non-hydrogen) atoms. The number of hydrogen-bond donors (Lipinski definition) is 2. The zero-order valence-corrected chi connectivity index (χ0v) is 10.4. The molecular formula is C14H12ClN2O.